The topological polar surface area (TPSA) is 90.3 Å². The van der Waals surface area contributed by atoms with Gasteiger partial charge in [0.1, 0.15) is 4.83 Å². The second-order valence-corrected chi connectivity index (χ2v) is 7.25. The number of amides is 1. The summed E-state index contributed by atoms with van der Waals surface area (Å²) >= 11 is 1.49. The highest BCUT2D eigenvalue weighted by molar-refractivity contribution is 7.18. The number of fused-ring (bicyclic) bond motifs is 1. The molecule has 0 bridgehead atoms. The van der Waals surface area contributed by atoms with Gasteiger partial charge in [-0.25, -0.2) is 9.78 Å². The molecule has 0 atom stereocenters. The first-order valence-corrected chi connectivity index (χ1v) is 9.16. The number of nitrogens with zero attached hydrogens (tertiary/aromatic N) is 2. The number of nitrogens with one attached hydrogen (secondary N) is 1. The Labute approximate surface area is 159 Å². The van der Waals surface area contributed by atoms with Crippen molar-refractivity contribution in [1.82, 2.24) is 9.55 Å². The van der Waals surface area contributed by atoms with Crippen molar-refractivity contribution in [1.29, 1.82) is 0 Å². The fraction of sp³-hybridized carbons (Fsp3) is 0.263. The zero-order valence-corrected chi connectivity index (χ0v) is 16.1. The number of benzene rings is 1. The summed E-state index contributed by atoms with van der Waals surface area (Å²) in [6.07, 6.45) is 1.54. The van der Waals surface area contributed by atoms with Gasteiger partial charge in [-0.1, -0.05) is 12.1 Å². The number of hydrogen-bond acceptors (Lipinski definition) is 6. The molecule has 0 saturated heterocycles. The molecule has 27 heavy (non-hydrogen) atoms. The molecule has 3 aromatic rings. The van der Waals surface area contributed by atoms with E-state index in [4.69, 9.17) is 4.74 Å². The average Bonchev–Trinajstić information content (AvgIpc) is 2.95. The van der Waals surface area contributed by atoms with Crippen molar-refractivity contribution in [3.63, 3.8) is 0 Å². The number of rotatable bonds is 5. The van der Waals surface area contributed by atoms with Crippen LogP contribution in [0, 0.1) is 13.8 Å². The van der Waals surface area contributed by atoms with E-state index < -0.39 is 5.97 Å². The van der Waals surface area contributed by atoms with Crippen molar-refractivity contribution in [3.05, 3.63) is 57.0 Å². The molecule has 8 heteroatoms. The van der Waals surface area contributed by atoms with E-state index in [2.05, 4.69) is 10.3 Å². The first kappa shape index (κ1) is 18.8. The molecule has 0 aliphatic heterocycles. The van der Waals surface area contributed by atoms with Crippen molar-refractivity contribution in [2.75, 3.05) is 12.4 Å². The minimum Gasteiger partial charge on any atom is -0.465 e. The molecule has 0 unspecified atom stereocenters. The number of carbonyl (C=O) groups excluding carboxylic acids is 2. The van der Waals surface area contributed by atoms with Crippen molar-refractivity contribution >= 4 is 39.1 Å². The molecule has 7 nitrogen and oxygen atoms in total. The first-order valence-electron chi connectivity index (χ1n) is 8.34. The predicted molar refractivity (Wildman–Crippen MR) is 104 cm³/mol. The first-order chi connectivity index (χ1) is 12.9. The van der Waals surface area contributed by atoms with Gasteiger partial charge in [0.2, 0.25) is 5.91 Å². The second kappa shape index (κ2) is 7.71. The Morgan fingerprint density at radius 3 is 2.74 bits per heavy atom. The summed E-state index contributed by atoms with van der Waals surface area (Å²) in [4.78, 5) is 42.8. The molecular formula is C19H19N3O4S. The van der Waals surface area contributed by atoms with E-state index in [1.54, 1.807) is 24.3 Å². The summed E-state index contributed by atoms with van der Waals surface area (Å²) in [6.45, 7) is 4.05. The van der Waals surface area contributed by atoms with Crippen molar-refractivity contribution in [2.24, 2.45) is 0 Å². The molecule has 2 aromatic heterocycles. The minimum absolute atomic E-state index is 0.0742. The van der Waals surface area contributed by atoms with Crippen LogP contribution in [0.5, 0.6) is 0 Å². The monoisotopic (exact) mass is 385 g/mol. The maximum Gasteiger partial charge on any atom is 0.339 e. The van der Waals surface area contributed by atoms with Crippen LogP contribution in [-0.4, -0.2) is 28.5 Å². The average molecular weight is 385 g/mol. The molecule has 1 aromatic carbocycles. The number of aromatic nitrogens is 2. The Kier molecular flexibility index (Phi) is 5.36. The lowest BCUT2D eigenvalue weighted by Crippen LogP contribution is -2.24. The number of ether oxygens (including phenoxy) is 1. The van der Waals surface area contributed by atoms with Gasteiger partial charge >= 0.3 is 5.97 Å². The van der Waals surface area contributed by atoms with Gasteiger partial charge in [-0.15, -0.1) is 11.3 Å². The molecule has 1 N–H and O–H groups in total. The fourth-order valence-corrected chi connectivity index (χ4v) is 3.73. The van der Waals surface area contributed by atoms with Crippen LogP contribution in [-0.2, 0) is 16.1 Å². The molecule has 140 valence electrons. The van der Waals surface area contributed by atoms with Gasteiger partial charge in [0.15, 0.2) is 0 Å². The van der Waals surface area contributed by atoms with Crippen molar-refractivity contribution < 1.29 is 14.3 Å². The normalized spacial score (nSPS) is 10.8. The largest absolute Gasteiger partial charge is 0.465 e. The summed E-state index contributed by atoms with van der Waals surface area (Å²) in [7, 11) is 1.28. The third-order valence-corrected chi connectivity index (χ3v) is 5.46. The lowest BCUT2D eigenvalue weighted by Gasteiger charge is -2.10. The van der Waals surface area contributed by atoms with Gasteiger partial charge in [0.05, 0.1) is 30.1 Å². The molecule has 1 amide bonds. The van der Waals surface area contributed by atoms with Crippen LogP contribution in [0.4, 0.5) is 5.69 Å². The summed E-state index contributed by atoms with van der Waals surface area (Å²) in [5.74, 6) is -0.836. The molecule has 0 aliphatic rings. The number of methoxy groups -OCH3 is 1. The third kappa shape index (κ3) is 3.75. The van der Waals surface area contributed by atoms with Crippen LogP contribution >= 0.6 is 11.3 Å². The molecule has 0 radical (unpaired) electrons. The van der Waals surface area contributed by atoms with E-state index in [-0.39, 0.29) is 30.0 Å². The van der Waals surface area contributed by atoms with Crippen LogP contribution in [0.15, 0.2) is 35.4 Å². The van der Waals surface area contributed by atoms with E-state index in [1.807, 2.05) is 13.8 Å². The lowest BCUT2D eigenvalue weighted by molar-refractivity contribution is -0.116. The molecule has 0 fully saturated rings. The molecule has 3 rings (SSSR count). The van der Waals surface area contributed by atoms with E-state index in [0.29, 0.717) is 15.9 Å². The maximum atomic E-state index is 12.7. The zero-order valence-electron chi connectivity index (χ0n) is 15.2. The molecule has 2 heterocycles. The maximum absolute atomic E-state index is 12.7. The van der Waals surface area contributed by atoms with Crippen LogP contribution in [0.25, 0.3) is 10.2 Å². The van der Waals surface area contributed by atoms with Gasteiger partial charge in [-0.2, -0.15) is 0 Å². The summed E-state index contributed by atoms with van der Waals surface area (Å²) < 4.78 is 6.15. The molecule has 0 aliphatic carbocycles. The van der Waals surface area contributed by atoms with E-state index in [9.17, 15) is 14.4 Å². The number of thiophene rings is 1. The fourth-order valence-electron chi connectivity index (χ4n) is 2.74. The minimum atomic E-state index is -0.528. The number of anilines is 1. The summed E-state index contributed by atoms with van der Waals surface area (Å²) in [5, 5.41) is 3.30. The third-order valence-electron chi connectivity index (χ3n) is 4.34. The molecular weight excluding hydrogens is 366 g/mol. The number of hydrogen-bond donors (Lipinski definition) is 1. The Hall–Kier alpha value is -3.00. The van der Waals surface area contributed by atoms with E-state index in [0.717, 1.165) is 10.4 Å². The van der Waals surface area contributed by atoms with Crippen LogP contribution < -0.4 is 10.9 Å². The Morgan fingerprint density at radius 1 is 1.26 bits per heavy atom. The molecule has 0 saturated carbocycles. The van der Waals surface area contributed by atoms with E-state index in [1.165, 1.54) is 29.3 Å². The van der Waals surface area contributed by atoms with E-state index >= 15 is 0 Å². The van der Waals surface area contributed by atoms with Crippen LogP contribution in [0.1, 0.15) is 27.2 Å². The van der Waals surface area contributed by atoms with Crippen LogP contribution in [0.3, 0.4) is 0 Å². The highest BCUT2D eigenvalue weighted by Gasteiger charge is 2.15. The second-order valence-electron chi connectivity index (χ2n) is 6.04. The van der Waals surface area contributed by atoms with Crippen molar-refractivity contribution in [3.8, 4) is 0 Å². The number of carbonyl (C=O) groups is 2. The van der Waals surface area contributed by atoms with Gasteiger partial charge < -0.3 is 10.1 Å². The van der Waals surface area contributed by atoms with Gasteiger partial charge in [-0.3, -0.25) is 14.2 Å². The Morgan fingerprint density at radius 2 is 2.00 bits per heavy atom. The standard InChI is InChI=1S/C19H19N3O4S/c1-11-12(2)27-17-16(11)18(24)22(10-20-17)9-8-15(23)21-14-7-5-4-6-13(14)19(25)26-3/h4-7,10H,8-9H2,1-3H3,(H,21,23). The quantitative estimate of drug-likeness (QED) is 0.682. The lowest BCUT2D eigenvalue weighted by atomic mass is 10.1. The number of para-hydroxylation sites is 1. The molecule has 0 spiro atoms. The summed E-state index contributed by atoms with van der Waals surface area (Å²) in [5.41, 5.74) is 1.43. The Balaban J connectivity index is 1.75. The Bertz CT molecular complexity index is 1080. The predicted octanol–water partition coefficient (Wildman–Crippen LogP) is 2.89. The van der Waals surface area contributed by atoms with Gasteiger partial charge in [0.25, 0.3) is 5.56 Å². The highest BCUT2D eigenvalue weighted by atomic mass is 32.1. The van der Waals surface area contributed by atoms with Gasteiger partial charge in [-0.05, 0) is 31.5 Å². The van der Waals surface area contributed by atoms with Crippen molar-refractivity contribution in [2.45, 2.75) is 26.8 Å². The highest BCUT2D eigenvalue weighted by Crippen LogP contribution is 2.25. The number of aryl methyl sites for hydroxylation is 3. The number of esters is 1. The smallest absolute Gasteiger partial charge is 0.339 e. The summed E-state index contributed by atoms with van der Waals surface area (Å²) in [6, 6.07) is 6.60. The SMILES string of the molecule is COC(=O)c1ccccc1NC(=O)CCn1cnc2sc(C)c(C)c2c1=O. The van der Waals surface area contributed by atoms with Crippen LogP contribution in [0.2, 0.25) is 0 Å². The zero-order chi connectivity index (χ0) is 19.6. The van der Waals surface area contributed by atoms with Gasteiger partial charge in [0, 0.05) is 17.8 Å².